The summed E-state index contributed by atoms with van der Waals surface area (Å²) in [6.07, 6.45) is 5.31. The van der Waals surface area contributed by atoms with Gasteiger partial charge in [-0.15, -0.1) is 11.3 Å². The zero-order valence-electron chi connectivity index (χ0n) is 12.0. The molecule has 1 aromatic rings. The predicted octanol–water partition coefficient (Wildman–Crippen LogP) is 2.44. The number of hydrogen-bond donors (Lipinski definition) is 2. The number of hydrogen-bond acceptors (Lipinski definition) is 4. The van der Waals surface area contributed by atoms with Crippen LogP contribution >= 0.6 is 11.3 Å². The van der Waals surface area contributed by atoms with Crippen LogP contribution in [0.3, 0.4) is 0 Å². The van der Waals surface area contributed by atoms with Crippen molar-refractivity contribution < 1.29 is 9.59 Å². The Hall–Kier alpha value is -1.87. The second kappa shape index (κ2) is 6.27. The number of nitriles is 1. The highest BCUT2D eigenvalue weighted by Crippen LogP contribution is 2.32. The SMILES string of the molecule is CC(C#N)(NC(=O)c1cc(C(N)=O)cs1)C1CCCCC1. The summed E-state index contributed by atoms with van der Waals surface area (Å²) in [6.45, 7) is 1.78. The Bertz CT molecular complexity index is 584. The Morgan fingerprint density at radius 3 is 2.62 bits per heavy atom. The van der Waals surface area contributed by atoms with Gasteiger partial charge in [0.05, 0.1) is 16.5 Å². The fraction of sp³-hybridized carbons (Fsp3) is 0.533. The van der Waals surface area contributed by atoms with Crippen LogP contribution in [0.2, 0.25) is 0 Å². The highest BCUT2D eigenvalue weighted by Gasteiger charge is 2.37. The lowest BCUT2D eigenvalue weighted by Gasteiger charge is -2.34. The Labute approximate surface area is 128 Å². The summed E-state index contributed by atoms with van der Waals surface area (Å²) in [6, 6.07) is 3.73. The molecule has 5 nitrogen and oxygen atoms in total. The van der Waals surface area contributed by atoms with Crippen LogP contribution in [0.1, 0.15) is 59.1 Å². The summed E-state index contributed by atoms with van der Waals surface area (Å²) in [7, 11) is 0. The van der Waals surface area contributed by atoms with E-state index in [9.17, 15) is 14.9 Å². The van der Waals surface area contributed by atoms with Crippen LogP contribution in [0, 0.1) is 17.2 Å². The summed E-state index contributed by atoms with van der Waals surface area (Å²) in [4.78, 5) is 23.8. The first-order chi connectivity index (χ1) is 9.96. The number of amides is 2. The summed E-state index contributed by atoms with van der Waals surface area (Å²) in [5, 5.41) is 13.9. The van der Waals surface area contributed by atoms with Crippen LogP contribution in [0.5, 0.6) is 0 Å². The Morgan fingerprint density at radius 2 is 2.10 bits per heavy atom. The van der Waals surface area contributed by atoms with Gasteiger partial charge in [0.15, 0.2) is 0 Å². The molecule has 0 spiro atoms. The molecule has 0 radical (unpaired) electrons. The zero-order valence-corrected chi connectivity index (χ0v) is 12.8. The van der Waals surface area contributed by atoms with E-state index in [0.29, 0.717) is 10.4 Å². The summed E-state index contributed by atoms with van der Waals surface area (Å²) in [5.41, 5.74) is 4.64. The number of rotatable bonds is 4. The molecule has 6 heteroatoms. The first-order valence-corrected chi connectivity index (χ1v) is 7.96. The van der Waals surface area contributed by atoms with Gasteiger partial charge in [0.1, 0.15) is 5.54 Å². The molecule has 3 N–H and O–H groups in total. The summed E-state index contributed by atoms with van der Waals surface area (Å²) in [5.74, 6) is -0.696. The minimum atomic E-state index is -0.867. The van der Waals surface area contributed by atoms with Crippen molar-refractivity contribution in [3.05, 3.63) is 21.9 Å². The normalized spacial score (nSPS) is 18.5. The zero-order chi connectivity index (χ0) is 15.5. The lowest BCUT2D eigenvalue weighted by atomic mass is 9.76. The number of nitrogens with two attached hydrogens (primary N) is 1. The molecular formula is C15H19N3O2S. The molecule has 0 bridgehead atoms. The van der Waals surface area contributed by atoms with E-state index < -0.39 is 11.4 Å². The van der Waals surface area contributed by atoms with Gasteiger partial charge < -0.3 is 11.1 Å². The minimum Gasteiger partial charge on any atom is -0.366 e. The average Bonchev–Trinajstić information content (AvgIpc) is 2.98. The predicted molar refractivity (Wildman–Crippen MR) is 80.9 cm³/mol. The highest BCUT2D eigenvalue weighted by molar-refractivity contribution is 7.12. The van der Waals surface area contributed by atoms with Crippen LogP contribution < -0.4 is 11.1 Å². The maximum atomic E-state index is 12.3. The van der Waals surface area contributed by atoms with Gasteiger partial charge in [0.25, 0.3) is 5.91 Å². The fourth-order valence-electron chi connectivity index (χ4n) is 2.78. The molecule has 1 unspecified atom stereocenters. The maximum Gasteiger partial charge on any atom is 0.262 e. The largest absolute Gasteiger partial charge is 0.366 e. The first-order valence-electron chi connectivity index (χ1n) is 7.08. The summed E-state index contributed by atoms with van der Waals surface area (Å²) >= 11 is 1.16. The molecule has 21 heavy (non-hydrogen) atoms. The van der Waals surface area contributed by atoms with Gasteiger partial charge in [-0.1, -0.05) is 19.3 Å². The van der Waals surface area contributed by atoms with E-state index in [0.717, 1.165) is 37.0 Å². The van der Waals surface area contributed by atoms with Gasteiger partial charge in [-0.05, 0) is 31.7 Å². The molecule has 2 rings (SSSR count). The standard InChI is InChI=1S/C15H19N3O2S/c1-15(9-16,11-5-3-2-4-6-11)18-14(20)12-7-10(8-21-12)13(17)19/h7-8,11H,2-6H2,1H3,(H2,17,19)(H,18,20). The van der Waals surface area contributed by atoms with Gasteiger partial charge in [0, 0.05) is 5.38 Å². The number of thiophene rings is 1. The second-order valence-corrected chi connectivity index (χ2v) is 6.58. The molecule has 1 aliphatic carbocycles. The number of carbonyl (C=O) groups excluding carboxylic acids is 2. The summed E-state index contributed by atoms with van der Waals surface area (Å²) < 4.78 is 0. The van der Waals surface area contributed by atoms with Crippen molar-refractivity contribution in [2.75, 3.05) is 0 Å². The number of carbonyl (C=O) groups is 2. The molecular weight excluding hydrogens is 286 g/mol. The third-order valence-electron chi connectivity index (χ3n) is 4.13. The van der Waals surface area contributed by atoms with E-state index in [1.54, 1.807) is 12.3 Å². The maximum absolute atomic E-state index is 12.3. The van der Waals surface area contributed by atoms with Crippen LogP contribution in [-0.4, -0.2) is 17.4 Å². The Morgan fingerprint density at radius 1 is 1.43 bits per heavy atom. The van der Waals surface area contributed by atoms with Gasteiger partial charge >= 0.3 is 0 Å². The van der Waals surface area contributed by atoms with Crippen LogP contribution in [0.4, 0.5) is 0 Å². The topological polar surface area (TPSA) is 96.0 Å². The molecule has 1 atom stereocenters. The molecule has 1 fully saturated rings. The molecule has 0 aliphatic heterocycles. The highest BCUT2D eigenvalue weighted by atomic mass is 32.1. The molecule has 112 valence electrons. The van der Waals surface area contributed by atoms with Crippen molar-refractivity contribution in [3.8, 4) is 6.07 Å². The van der Waals surface area contributed by atoms with E-state index in [1.165, 1.54) is 12.5 Å². The Balaban J connectivity index is 2.11. The van der Waals surface area contributed by atoms with Gasteiger partial charge in [0.2, 0.25) is 5.91 Å². The third kappa shape index (κ3) is 3.42. The van der Waals surface area contributed by atoms with Crippen LogP contribution in [-0.2, 0) is 0 Å². The fourth-order valence-corrected chi connectivity index (χ4v) is 3.57. The van der Waals surface area contributed by atoms with Crippen molar-refractivity contribution in [2.45, 2.75) is 44.6 Å². The van der Waals surface area contributed by atoms with Gasteiger partial charge in [-0.25, -0.2) is 0 Å². The minimum absolute atomic E-state index is 0.177. The first kappa shape index (κ1) is 15.5. The Kier molecular flexibility index (Phi) is 4.63. The van der Waals surface area contributed by atoms with E-state index in [4.69, 9.17) is 5.73 Å². The van der Waals surface area contributed by atoms with Crippen LogP contribution in [0.25, 0.3) is 0 Å². The van der Waals surface area contributed by atoms with Crippen LogP contribution in [0.15, 0.2) is 11.4 Å². The van der Waals surface area contributed by atoms with Crippen molar-refractivity contribution >= 4 is 23.2 Å². The lowest BCUT2D eigenvalue weighted by Crippen LogP contribution is -2.50. The molecule has 1 aliphatic rings. The molecule has 0 aromatic carbocycles. The van der Waals surface area contributed by atoms with E-state index in [-0.39, 0.29) is 11.8 Å². The number of primary amides is 1. The monoisotopic (exact) mass is 305 g/mol. The smallest absolute Gasteiger partial charge is 0.262 e. The van der Waals surface area contributed by atoms with E-state index >= 15 is 0 Å². The third-order valence-corrected chi connectivity index (χ3v) is 5.06. The molecule has 2 amide bonds. The molecule has 1 saturated carbocycles. The number of nitrogens with one attached hydrogen (secondary N) is 1. The second-order valence-electron chi connectivity index (χ2n) is 5.67. The van der Waals surface area contributed by atoms with Crippen molar-refractivity contribution in [3.63, 3.8) is 0 Å². The van der Waals surface area contributed by atoms with Crippen molar-refractivity contribution in [1.29, 1.82) is 5.26 Å². The quantitative estimate of drug-likeness (QED) is 0.894. The lowest BCUT2D eigenvalue weighted by molar-refractivity contribution is 0.0890. The number of nitrogens with zero attached hydrogens (tertiary/aromatic N) is 1. The molecule has 1 heterocycles. The van der Waals surface area contributed by atoms with E-state index in [1.807, 2.05) is 0 Å². The average molecular weight is 305 g/mol. The van der Waals surface area contributed by atoms with Gasteiger partial charge in [-0.2, -0.15) is 5.26 Å². The van der Waals surface area contributed by atoms with E-state index in [2.05, 4.69) is 11.4 Å². The van der Waals surface area contributed by atoms with Crippen molar-refractivity contribution in [2.24, 2.45) is 11.7 Å². The van der Waals surface area contributed by atoms with Crippen molar-refractivity contribution in [1.82, 2.24) is 5.32 Å². The molecule has 1 aromatic heterocycles. The molecule has 0 saturated heterocycles. The van der Waals surface area contributed by atoms with Gasteiger partial charge in [-0.3, -0.25) is 9.59 Å².